The molecule has 5 nitrogen and oxygen atoms in total. The zero-order chi connectivity index (χ0) is 22.5. The Hall–Kier alpha value is -3.03. The second kappa shape index (κ2) is 10.1. The Morgan fingerprint density at radius 2 is 1.81 bits per heavy atom. The van der Waals surface area contributed by atoms with Gasteiger partial charge in [0.05, 0.1) is 17.7 Å². The van der Waals surface area contributed by atoms with Gasteiger partial charge in [0, 0.05) is 5.56 Å². The van der Waals surface area contributed by atoms with Crippen LogP contribution in [0.25, 0.3) is 6.08 Å². The first kappa shape index (κ1) is 22.2. The van der Waals surface area contributed by atoms with Gasteiger partial charge in [-0.1, -0.05) is 53.8 Å². The standard InChI is InChI=1S/C25H23NO4S2/c1-17-9-10-22(30-13-12-29-21-8-4-3-6-18(21)2)19(14-17)15-23-24(27)26(25(31)32-23)16-20-7-5-11-28-20/h3-11,14-15H,12-13,16H2,1-2H3/b23-15-. The van der Waals surface area contributed by atoms with Gasteiger partial charge in [0.1, 0.15) is 34.8 Å². The molecule has 0 atom stereocenters. The predicted molar refractivity (Wildman–Crippen MR) is 131 cm³/mol. The summed E-state index contributed by atoms with van der Waals surface area (Å²) < 4.78 is 17.7. The van der Waals surface area contributed by atoms with Gasteiger partial charge in [-0.2, -0.15) is 0 Å². The smallest absolute Gasteiger partial charge is 0.266 e. The molecule has 32 heavy (non-hydrogen) atoms. The molecule has 0 saturated carbocycles. The summed E-state index contributed by atoms with van der Waals surface area (Å²) in [5, 5.41) is 0. The van der Waals surface area contributed by atoms with Gasteiger partial charge in [-0.3, -0.25) is 9.69 Å². The van der Waals surface area contributed by atoms with Gasteiger partial charge in [0.25, 0.3) is 5.91 Å². The number of hydrogen-bond acceptors (Lipinski definition) is 6. The molecule has 1 aromatic heterocycles. The Labute approximate surface area is 197 Å². The molecule has 1 amide bonds. The second-order valence-corrected chi connectivity index (χ2v) is 9.03. The maximum absolute atomic E-state index is 12.9. The molecule has 2 heterocycles. The molecule has 1 aliphatic rings. The summed E-state index contributed by atoms with van der Waals surface area (Å²) in [5.74, 6) is 2.10. The number of carbonyl (C=O) groups excluding carboxylic acids is 1. The molecule has 0 unspecified atom stereocenters. The van der Waals surface area contributed by atoms with Crippen LogP contribution in [0.2, 0.25) is 0 Å². The van der Waals surface area contributed by atoms with Crippen LogP contribution in [0.1, 0.15) is 22.5 Å². The van der Waals surface area contributed by atoms with Crippen molar-refractivity contribution in [2.45, 2.75) is 20.4 Å². The van der Waals surface area contributed by atoms with Crippen molar-refractivity contribution in [2.75, 3.05) is 13.2 Å². The number of carbonyl (C=O) groups is 1. The maximum atomic E-state index is 12.9. The Morgan fingerprint density at radius 3 is 2.56 bits per heavy atom. The maximum Gasteiger partial charge on any atom is 0.266 e. The molecule has 0 bridgehead atoms. The minimum Gasteiger partial charge on any atom is -0.490 e. The molecule has 2 aromatic carbocycles. The van der Waals surface area contributed by atoms with Crippen molar-refractivity contribution in [1.82, 2.24) is 4.90 Å². The van der Waals surface area contributed by atoms with E-state index >= 15 is 0 Å². The van der Waals surface area contributed by atoms with Crippen LogP contribution in [0, 0.1) is 13.8 Å². The molecule has 1 saturated heterocycles. The van der Waals surface area contributed by atoms with Crippen LogP contribution >= 0.6 is 24.0 Å². The van der Waals surface area contributed by atoms with Crippen molar-refractivity contribution in [3.8, 4) is 11.5 Å². The van der Waals surface area contributed by atoms with E-state index in [4.69, 9.17) is 26.1 Å². The van der Waals surface area contributed by atoms with Crippen LogP contribution in [0.4, 0.5) is 0 Å². The number of aryl methyl sites for hydroxylation is 2. The van der Waals surface area contributed by atoms with E-state index in [1.807, 2.05) is 68.5 Å². The zero-order valence-electron chi connectivity index (χ0n) is 17.9. The lowest BCUT2D eigenvalue weighted by Crippen LogP contribution is -2.27. The first-order valence-electron chi connectivity index (χ1n) is 10.2. The lowest BCUT2D eigenvalue weighted by molar-refractivity contribution is -0.122. The first-order chi connectivity index (χ1) is 15.5. The Morgan fingerprint density at radius 1 is 1.03 bits per heavy atom. The van der Waals surface area contributed by atoms with Gasteiger partial charge >= 0.3 is 0 Å². The fourth-order valence-corrected chi connectivity index (χ4v) is 4.52. The fourth-order valence-electron chi connectivity index (χ4n) is 3.27. The second-order valence-electron chi connectivity index (χ2n) is 7.35. The van der Waals surface area contributed by atoms with E-state index in [2.05, 4.69) is 0 Å². The Bertz CT molecular complexity index is 1150. The van der Waals surface area contributed by atoms with E-state index in [0.29, 0.717) is 40.5 Å². The number of rotatable bonds is 8. The highest BCUT2D eigenvalue weighted by Gasteiger charge is 2.32. The normalized spacial score (nSPS) is 14.9. The third-order valence-electron chi connectivity index (χ3n) is 4.91. The number of ether oxygens (including phenoxy) is 2. The average molecular weight is 466 g/mol. The number of benzene rings is 2. The van der Waals surface area contributed by atoms with Crippen molar-refractivity contribution in [2.24, 2.45) is 0 Å². The first-order valence-corrected chi connectivity index (χ1v) is 11.4. The molecule has 164 valence electrons. The number of amides is 1. The summed E-state index contributed by atoms with van der Waals surface area (Å²) in [7, 11) is 0. The van der Waals surface area contributed by atoms with Crippen LogP contribution in [0.5, 0.6) is 11.5 Å². The van der Waals surface area contributed by atoms with E-state index in [-0.39, 0.29) is 5.91 Å². The number of para-hydroxylation sites is 1. The molecule has 3 aromatic rings. The molecule has 4 rings (SSSR count). The van der Waals surface area contributed by atoms with Crippen LogP contribution < -0.4 is 9.47 Å². The molecular formula is C25H23NO4S2. The molecule has 0 N–H and O–H groups in total. The van der Waals surface area contributed by atoms with Crippen molar-refractivity contribution >= 4 is 40.3 Å². The number of thioether (sulfide) groups is 1. The molecule has 0 spiro atoms. The average Bonchev–Trinajstić information content (AvgIpc) is 3.38. The lowest BCUT2D eigenvalue weighted by atomic mass is 10.1. The van der Waals surface area contributed by atoms with Gasteiger partial charge < -0.3 is 13.9 Å². The van der Waals surface area contributed by atoms with Gasteiger partial charge in [-0.25, -0.2) is 0 Å². The SMILES string of the molecule is Cc1ccc(OCCOc2ccccc2C)c(/C=C2\SC(=S)N(Cc3ccco3)C2=O)c1. The Balaban J connectivity index is 1.44. The summed E-state index contributed by atoms with van der Waals surface area (Å²) in [4.78, 5) is 15.1. The highest BCUT2D eigenvalue weighted by atomic mass is 32.2. The van der Waals surface area contributed by atoms with Crippen LogP contribution in [0.3, 0.4) is 0 Å². The number of thiocarbonyl (C=S) groups is 1. The highest BCUT2D eigenvalue weighted by molar-refractivity contribution is 8.26. The van der Waals surface area contributed by atoms with Gasteiger partial charge in [0.2, 0.25) is 0 Å². The summed E-state index contributed by atoms with van der Waals surface area (Å²) in [5.41, 5.74) is 2.99. The van der Waals surface area contributed by atoms with Crippen molar-refractivity contribution in [3.05, 3.63) is 88.2 Å². The summed E-state index contributed by atoms with van der Waals surface area (Å²) in [6.45, 7) is 5.14. The van der Waals surface area contributed by atoms with Crippen molar-refractivity contribution in [3.63, 3.8) is 0 Å². The van der Waals surface area contributed by atoms with E-state index in [1.54, 1.807) is 17.2 Å². The van der Waals surface area contributed by atoms with E-state index in [9.17, 15) is 4.79 Å². The molecule has 1 aliphatic heterocycles. The predicted octanol–water partition coefficient (Wildman–Crippen LogP) is 5.76. The number of nitrogens with zero attached hydrogens (tertiary/aromatic N) is 1. The molecule has 7 heteroatoms. The third kappa shape index (κ3) is 5.23. The van der Waals surface area contributed by atoms with Gasteiger partial charge in [-0.05, 0) is 55.8 Å². The van der Waals surface area contributed by atoms with Crippen LogP contribution in [0.15, 0.2) is 70.2 Å². The molecular weight excluding hydrogens is 442 g/mol. The summed E-state index contributed by atoms with van der Waals surface area (Å²) >= 11 is 6.71. The van der Waals surface area contributed by atoms with Crippen LogP contribution in [-0.4, -0.2) is 28.3 Å². The molecule has 0 aliphatic carbocycles. The summed E-state index contributed by atoms with van der Waals surface area (Å²) in [6, 6.07) is 17.4. The quantitative estimate of drug-likeness (QED) is 0.240. The lowest BCUT2D eigenvalue weighted by Gasteiger charge is -2.13. The number of furan rings is 1. The van der Waals surface area contributed by atoms with E-state index in [1.165, 1.54) is 11.8 Å². The minimum absolute atomic E-state index is 0.133. The van der Waals surface area contributed by atoms with Gasteiger partial charge in [-0.15, -0.1) is 0 Å². The van der Waals surface area contributed by atoms with E-state index in [0.717, 1.165) is 22.4 Å². The highest BCUT2D eigenvalue weighted by Crippen LogP contribution is 2.35. The summed E-state index contributed by atoms with van der Waals surface area (Å²) in [6.07, 6.45) is 3.42. The topological polar surface area (TPSA) is 51.9 Å². The fraction of sp³-hybridized carbons (Fsp3) is 0.200. The van der Waals surface area contributed by atoms with Crippen LogP contribution in [-0.2, 0) is 11.3 Å². The molecule has 0 radical (unpaired) electrons. The minimum atomic E-state index is -0.133. The third-order valence-corrected chi connectivity index (χ3v) is 6.29. The monoisotopic (exact) mass is 465 g/mol. The Kier molecular flexibility index (Phi) is 6.97. The van der Waals surface area contributed by atoms with Gasteiger partial charge in [0.15, 0.2) is 0 Å². The van der Waals surface area contributed by atoms with Crippen molar-refractivity contribution in [1.29, 1.82) is 0 Å². The van der Waals surface area contributed by atoms with E-state index < -0.39 is 0 Å². The number of hydrogen-bond donors (Lipinski definition) is 0. The molecule has 1 fully saturated rings. The largest absolute Gasteiger partial charge is 0.490 e. The van der Waals surface area contributed by atoms with Crippen molar-refractivity contribution < 1.29 is 18.7 Å². The zero-order valence-corrected chi connectivity index (χ0v) is 19.5.